The van der Waals surface area contributed by atoms with Gasteiger partial charge < -0.3 is 10.2 Å². The van der Waals surface area contributed by atoms with E-state index in [2.05, 4.69) is 5.32 Å². The highest BCUT2D eigenvalue weighted by Gasteiger charge is 2.28. The van der Waals surface area contributed by atoms with Crippen LogP contribution in [-0.4, -0.2) is 35.1 Å². The zero-order valence-electron chi connectivity index (χ0n) is 18.2. The molecule has 0 spiro atoms. The molecule has 0 fully saturated rings. The van der Waals surface area contributed by atoms with Gasteiger partial charge in [-0.3, -0.25) is 9.59 Å². The van der Waals surface area contributed by atoms with E-state index in [1.807, 2.05) is 57.2 Å². The first-order valence-corrected chi connectivity index (χ1v) is 12.3. The molecule has 2 aromatic carbocycles. The Bertz CT molecular complexity index is 842. The van der Waals surface area contributed by atoms with Crippen LogP contribution in [0.5, 0.6) is 0 Å². The van der Waals surface area contributed by atoms with Gasteiger partial charge in [-0.05, 0) is 47.7 Å². The van der Waals surface area contributed by atoms with E-state index in [9.17, 15) is 9.59 Å². The first kappa shape index (κ1) is 25.6. The van der Waals surface area contributed by atoms with Gasteiger partial charge in [-0.25, -0.2) is 0 Å². The Kier molecular flexibility index (Phi) is 10.7. The molecule has 0 unspecified atom stereocenters. The molecule has 0 radical (unpaired) electrons. The van der Waals surface area contributed by atoms with Gasteiger partial charge in [0.15, 0.2) is 0 Å². The molecule has 0 saturated carbocycles. The highest BCUT2D eigenvalue weighted by molar-refractivity contribution is 7.99. The van der Waals surface area contributed by atoms with Gasteiger partial charge in [0.05, 0.1) is 5.75 Å². The van der Waals surface area contributed by atoms with Gasteiger partial charge in [0.1, 0.15) is 6.04 Å². The Labute approximate surface area is 199 Å². The minimum absolute atomic E-state index is 0.0551. The Hall–Kier alpha value is -1.69. The first-order chi connectivity index (χ1) is 14.8. The largest absolute Gasteiger partial charge is 0.354 e. The second-order valence-corrected chi connectivity index (χ2v) is 9.69. The van der Waals surface area contributed by atoms with Gasteiger partial charge in [0.2, 0.25) is 11.8 Å². The zero-order valence-corrected chi connectivity index (χ0v) is 20.6. The fraction of sp³-hybridized carbons (Fsp3) is 0.417. The summed E-state index contributed by atoms with van der Waals surface area (Å²) in [4.78, 5) is 27.7. The van der Waals surface area contributed by atoms with Crippen molar-refractivity contribution >= 4 is 46.8 Å². The summed E-state index contributed by atoms with van der Waals surface area (Å²) in [6, 6.07) is 14.5. The van der Waals surface area contributed by atoms with E-state index in [0.717, 1.165) is 11.1 Å². The lowest BCUT2D eigenvalue weighted by molar-refractivity contribution is -0.139. The minimum atomic E-state index is -0.516. The number of hydrogen-bond acceptors (Lipinski definition) is 3. The summed E-state index contributed by atoms with van der Waals surface area (Å²) in [6.45, 7) is 6.98. The highest BCUT2D eigenvalue weighted by atomic mass is 35.5. The van der Waals surface area contributed by atoms with Crippen LogP contribution in [0, 0.1) is 5.92 Å². The van der Waals surface area contributed by atoms with Crippen LogP contribution in [0.25, 0.3) is 0 Å². The number of carbonyl (C=O) groups is 2. The molecule has 1 N–H and O–H groups in total. The average Bonchev–Trinajstić information content (AvgIpc) is 2.74. The summed E-state index contributed by atoms with van der Waals surface area (Å²) < 4.78 is 0. The fourth-order valence-electron chi connectivity index (χ4n) is 3.05. The van der Waals surface area contributed by atoms with Crippen molar-refractivity contribution in [3.8, 4) is 0 Å². The van der Waals surface area contributed by atoms with Crippen LogP contribution in [0.4, 0.5) is 0 Å². The smallest absolute Gasteiger partial charge is 0.242 e. The monoisotopic (exact) mass is 480 g/mol. The molecule has 2 rings (SSSR count). The van der Waals surface area contributed by atoms with E-state index in [-0.39, 0.29) is 11.8 Å². The zero-order chi connectivity index (χ0) is 22.8. The lowest BCUT2D eigenvalue weighted by Crippen LogP contribution is -2.50. The number of rotatable bonds is 11. The fourth-order valence-corrected chi connectivity index (χ4v) is 4.17. The number of halogens is 2. The Balaban J connectivity index is 2.10. The molecular weight excluding hydrogens is 451 g/mol. The van der Waals surface area contributed by atoms with Gasteiger partial charge >= 0.3 is 0 Å². The number of carbonyl (C=O) groups excluding carboxylic acids is 2. The number of nitrogens with one attached hydrogen (secondary N) is 1. The van der Waals surface area contributed by atoms with Crippen molar-refractivity contribution in [1.82, 2.24) is 10.2 Å². The SMILES string of the molecule is CC[C@H](C(=O)NCC(C)C)N(Cc1ccc(Cl)cc1)C(=O)CSCc1ccc(Cl)cc1. The van der Waals surface area contributed by atoms with Crippen molar-refractivity contribution in [2.45, 2.75) is 45.5 Å². The third-order valence-corrected chi connectivity index (χ3v) is 6.24. The molecule has 7 heteroatoms. The molecule has 2 aromatic rings. The van der Waals surface area contributed by atoms with E-state index in [4.69, 9.17) is 23.2 Å². The van der Waals surface area contributed by atoms with Crippen molar-refractivity contribution in [3.05, 3.63) is 69.7 Å². The summed E-state index contributed by atoms with van der Waals surface area (Å²) in [5.74, 6) is 1.18. The number of hydrogen-bond donors (Lipinski definition) is 1. The summed E-state index contributed by atoms with van der Waals surface area (Å²) in [7, 11) is 0. The van der Waals surface area contributed by atoms with Crippen LogP contribution in [-0.2, 0) is 21.9 Å². The van der Waals surface area contributed by atoms with Gasteiger partial charge in [-0.15, -0.1) is 11.8 Å². The molecule has 1 atom stereocenters. The second-order valence-electron chi connectivity index (χ2n) is 7.83. The molecule has 2 amide bonds. The number of benzene rings is 2. The third kappa shape index (κ3) is 8.76. The van der Waals surface area contributed by atoms with E-state index in [1.165, 1.54) is 11.8 Å². The predicted molar refractivity (Wildman–Crippen MR) is 132 cm³/mol. The maximum atomic E-state index is 13.2. The summed E-state index contributed by atoms with van der Waals surface area (Å²) in [5, 5.41) is 4.31. The second kappa shape index (κ2) is 13.0. The number of amides is 2. The average molecular weight is 481 g/mol. The van der Waals surface area contributed by atoms with Crippen molar-refractivity contribution < 1.29 is 9.59 Å². The number of nitrogens with zero attached hydrogens (tertiary/aromatic N) is 1. The van der Waals surface area contributed by atoms with Crippen LogP contribution in [0.2, 0.25) is 10.0 Å². The van der Waals surface area contributed by atoms with E-state index >= 15 is 0 Å². The summed E-state index contributed by atoms with van der Waals surface area (Å²) >= 11 is 13.5. The molecule has 168 valence electrons. The van der Waals surface area contributed by atoms with Crippen LogP contribution in [0.1, 0.15) is 38.3 Å². The van der Waals surface area contributed by atoms with Crippen LogP contribution in [0.3, 0.4) is 0 Å². The molecule has 0 aliphatic rings. The molecule has 0 aromatic heterocycles. The summed E-state index contributed by atoms with van der Waals surface area (Å²) in [5.41, 5.74) is 2.05. The van der Waals surface area contributed by atoms with E-state index in [0.29, 0.717) is 47.0 Å². The third-order valence-electron chi connectivity index (χ3n) is 4.74. The van der Waals surface area contributed by atoms with Crippen LogP contribution in [0.15, 0.2) is 48.5 Å². The topological polar surface area (TPSA) is 49.4 Å². The molecule has 4 nitrogen and oxygen atoms in total. The van der Waals surface area contributed by atoms with Crippen molar-refractivity contribution in [2.24, 2.45) is 5.92 Å². The molecule has 0 aliphatic heterocycles. The van der Waals surface area contributed by atoms with Crippen LogP contribution < -0.4 is 5.32 Å². The van der Waals surface area contributed by atoms with Crippen molar-refractivity contribution in [2.75, 3.05) is 12.3 Å². The molecule has 0 heterocycles. The first-order valence-electron chi connectivity index (χ1n) is 10.4. The molecule has 0 saturated heterocycles. The quantitative estimate of drug-likeness (QED) is 0.441. The van der Waals surface area contributed by atoms with Gasteiger partial charge in [0, 0.05) is 28.9 Å². The van der Waals surface area contributed by atoms with E-state index < -0.39 is 6.04 Å². The molecular formula is C24H30Cl2N2O2S. The lowest BCUT2D eigenvalue weighted by atomic mass is 10.1. The Morgan fingerprint density at radius 3 is 2.03 bits per heavy atom. The van der Waals surface area contributed by atoms with Crippen molar-refractivity contribution in [3.63, 3.8) is 0 Å². The molecule has 0 aliphatic carbocycles. The Morgan fingerprint density at radius 2 is 1.52 bits per heavy atom. The van der Waals surface area contributed by atoms with E-state index in [1.54, 1.807) is 17.0 Å². The number of thioether (sulfide) groups is 1. The normalized spacial score (nSPS) is 11.9. The maximum absolute atomic E-state index is 13.2. The molecule has 31 heavy (non-hydrogen) atoms. The van der Waals surface area contributed by atoms with Gasteiger partial charge in [-0.1, -0.05) is 68.2 Å². The Morgan fingerprint density at radius 1 is 0.968 bits per heavy atom. The highest BCUT2D eigenvalue weighted by Crippen LogP contribution is 2.19. The predicted octanol–water partition coefficient (Wildman–Crippen LogP) is 5.81. The summed E-state index contributed by atoms with van der Waals surface area (Å²) in [6.07, 6.45) is 0.547. The van der Waals surface area contributed by atoms with Gasteiger partial charge in [0.25, 0.3) is 0 Å². The van der Waals surface area contributed by atoms with Gasteiger partial charge in [-0.2, -0.15) is 0 Å². The standard InChI is InChI=1S/C24H30Cl2N2O2S/c1-4-22(24(30)27-13-17(2)3)28(14-18-5-9-20(25)10-6-18)23(29)16-31-15-19-7-11-21(26)12-8-19/h5-12,17,22H,4,13-16H2,1-3H3,(H,27,30)/t22-/m1/s1. The minimum Gasteiger partial charge on any atom is -0.354 e. The molecule has 0 bridgehead atoms. The lowest BCUT2D eigenvalue weighted by Gasteiger charge is -2.31. The van der Waals surface area contributed by atoms with Crippen molar-refractivity contribution in [1.29, 1.82) is 0 Å². The van der Waals surface area contributed by atoms with Crippen LogP contribution >= 0.6 is 35.0 Å². The maximum Gasteiger partial charge on any atom is 0.242 e.